The van der Waals surface area contributed by atoms with E-state index in [1.54, 1.807) is 0 Å². The first-order valence-corrected chi connectivity index (χ1v) is 18.0. The van der Waals surface area contributed by atoms with Gasteiger partial charge in [-0.15, -0.1) is 0 Å². The lowest BCUT2D eigenvalue weighted by atomic mass is 9.86. The molecule has 0 heterocycles. The maximum atomic E-state index is 13.1. The first-order valence-electron chi connectivity index (χ1n) is 18.0. The van der Waals surface area contributed by atoms with Crippen LogP contribution < -0.4 is 20.1 Å². The van der Waals surface area contributed by atoms with E-state index in [0.29, 0.717) is 39.7 Å². The maximum Gasteiger partial charge on any atom is 0.221 e. The number of hydrogen-bond donors (Lipinski definition) is 2. The zero-order valence-corrected chi connectivity index (χ0v) is 31.9. The Bertz CT molecular complexity index is 2790. The Kier molecular flexibility index (Phi) is 11.1. The van der Waals surface area contributed by atoms with E-state index in [-0.39, 0.29) is 19.2 Å². The highest BCUT2D eigenvalue weighted by Crippen LogP contribution is 2.48. The Morgan fingerprint density at radius 3 is 1.35 bits per heavy atom. The number of hydrogen-bond acceptors (Lipinski definition) is 5. The number of methoxy groups -OCH3 is 2. The van der Waals surface area contributed by atoms with Crippen molar-refractivity contribution in [2.75, 3.05) is 24.9 Å². The smallest absolute Gasteiger partial charge is 0.221 e. The van der Waals surface area contributed by atoms with Crippen LogP contribution in [0.1, 0.15) is 38.0 Å². The van der Waals surface area contributed by atoms with Crippen molar-refractivity contribution >= 4 is 50.4 Å². The highest BCUT2D eigenvalue weighted by molar-refractivity contribution is 6.16. The molecule has 0 aromatic heterocycles. The van der Waals surface area contributed by atoms with Gasteiger partial charge in [0.2, 0.25) is 11.8 Å². The molecule has 2 N–H and O–H groups in total. The number of amides is 2. The molecule has 7 aromatic rings. The monoisotopic (exact) mass is 750 g/mol. The van der Waals surface area contributed by atoms with Crippen molar-refractivity contribution in [1.82, 2.24) is 0 Å². The number of carbonyl (C=O) groups excluding carboxylic acids is 2. The van der Waals surface area contributed by atoms with Gasteiger partial charge in [-0.1, -0.05) is 104 Å². The Morgan fingerprint density at radius 2 is 1.00 bits per heavy atom. The SMILES string of the molecule is C.[C-]#[N+]c1c(C)cc(-c2cccc3cccc(-c4ccc(-c5cccc6cccc(-c7cc(OC)c(C#N)c(OC)c7)c56)c(NC(C)=O)c4NC(C)=O)c23)cc1C. The molecule has 0 saturated heterocycles. The number of carbonyl (C=O) groups is 2. The fraction of sp³-hybridized carbons (Fsp3) is 0.143. The van der Waals surface area contributed by atoms with Crippen molar-refractivity contribution in [2.45, 2.75) is 35.1 Å². The van der Waals surface area contributed by atoms with Crippen molar-refractivity contribution in [3.8, 4) is 62.1 Å². The minimum Gasteiger partial charge on any atom is -0.495 e. The lowest BCUT2D eigenvalue weighted by molar-refractivity contribution is -0.115. The largest absolute Gasteiger partial charge is 0.495 e. The fourth-order valence-corrected chi connectivity index (χ4v) is 7.74. The van der Waals surface area contributed by atoms with Crippen molar-refractivity contribution in [3.63, 3.8) is 0 Å². The van der Waals surface area contributed by atoms with E-state index >= 15 is 0 Å². The minimum atomic E-state index is -0.304. The Balaban J connectivity index is 0.00000549. The van der Waals surface area contributed by atoms with Crippen LogP contribution in [-0.4, -0.2) is 26.0 Å². The standard InChI is InChI=1S/C48H38N4O4.CH4/c1-27-22-33(23-28(2)46(27)50-5)35-16-8-12-31-14-10-18-37(44(31)35)39-20-21-40(48(52-30(4)54)47(39)51-29(3)53)38-19-11-15-32-13-9-17-36(45(32)38)34-24-42(55-6)41(26-49)43(25-34)56-7;/h8-25H,1-4,6-7H3,(H,51,53)(H,52,54);1H4. The van der Waals surface area contributed by atoms with Crippen LogP contribution in [0.5, 0.6) is 11.5 Å². The number of benzene rings is 7. The molecule has 7 rings (SSSR count). The lowest BCUT2D eigenvalue weighted by Crippen LogP contribution is -2.14. The van der Waals surface area contributed by atoms with Gasteiger partial charge in [-0.05, 0) is 92.0 Å². The van der Waals surface area contributed by atoms with Crippen molar-refractivity contribution < 1.29 is 19.1 Å². The molecule has 282 valence electrons. The quantitative estimate of drug-likeness (QED) is 0.150. The van der Waals surface area contributed by atoms with Crippen LogP contribution in [0.4, 0.5) is 17.1 Å². The van der Waals surface area contributed by atoms with E-state index in [2.05, 4.69) is 39.7 Å². The lowest BCUT2D eigenvalue weighted by Gasteiger charge is -2.23. The minimum absolute atomic E-state index is 0. The summed E-state index contributed by atoms with van der Waals surface area (Å²) < 4.78 is 11.3. The van der Waals surface area contributed by atoms with Crippen molar-refractivity contribution in [2.24, 2.45) is 0 Å². The number of nitrogens with zero attached hydrogens (tertiary/aromatic N) is 2. The van der Waals surface area contributed by atoms with Crippen LogP contribution in [0.2, 0.25) is 0 Å². The summed E-state index contributed by atoms with van der Waals surface area (Å²) in [5.74, 6) is 0.165. The molecule has 0 saturated carbocycles. The number of nitrogens with one attached hydrogen (secondary N) is 2. The van der Waals surface area contributed by atoms with Gasteiger partial charge in [-0.25, -0.2) is 4.85 Å². The number of ether oxygens (including phenoxy) is 2. The van der Waals surface area contributed by atoms with Gasteiger partial charge < -0.3 is 20.1 Å². The second kappa shape index (κ2) is 16.1. The van der Waals surface area contributed by atoms with Gasteiger partial charge in [0.25, 0.3) is 0 Å². The summed E-state index contributed by atoms with van der Waals surface area (Å²) in [6, 6.07) is 38.1. The molecule has 2 amide bonds. The average molecular weight is 751 g/mol. The van der Waals surface area contributed by atoms with Crippen LogP contribution in [0, 0.1) is 31.8 Å². The van der Waals surface area contributed by atoms with E-state index in [4.69, 9.17) is 16.0 Å². The third-order valence-electron chi connectivity index (χ3n) is 10.0. The second-order valence-corrected chi connectivity index (χ2v) is 13.6. The predicted molar refractivity (Wildman–Crippen MR) is 232 cm³/mol. The molecule has 8 nitrogen and oxygen atoms in total. The number of nitriles is 1. The molecule has 0 aliphatic rings. The van der Waals surface area contributed by atoms with Crippen LogP contribution in [0.25, 0.3) is 70.9 Å². The van der Waals surface area contributed by atoms with Crippen LogP contribution in [0.15, 0.2) is 109 Å². The van der Waals surface area contributed by atoms with E-state index in [1.165, 1.54) is 28.1 Å². The van der Waals surface area contributed by atoms with Gasteiger partial charge in [-0.2, -0.15) is 5.26 Å². The molecule has 0 aliphatic carbocycles. The Hall–Kier alpha value is -7.42. The van der Waals surface area contributed by atoms with Crippen molar-refractivity contribution in [1.29, 1.82) is 5.26 Å². The Morgan fingerprint density at radius 1 is 0.614 bits per heavy atom. The summed E-state index contributed by atoms with van der Waals surface area (Å²) in [5.41, 5.74) is 10.3. The van der Waals surface area contributed by atoms with Crippen molar-refractivity contribution in [3.05, 3.63) is 137 Å². The number of anilines is 2. The molecule has 8 heteroatoms. The molecular formula is C49H42N4O4. The van der Waals surface area contributed by atoms with E-state index < -0.39 is 0 Å². The van der Waals surface area contributed by atoms with Gasteiger partial charge in [0.15, 0.2) is 5.69 Å². The fourth-order valence-electron chi connectivity index (χ4n) is 7.74. The number of aryl methyl sites for hydroxylation is 2. The van der Waals surface area contributed by atoms with E-state index in [1.807, 2.05) is 105 Å². The summed E-state index contributed by atoms with van der Waals surface area (Å²) in [6.07, 6.45) is 0. The highest BCUT2D eigenvalue weighted by Gasteiger charge is 2.23. The van der Waals surface area contributed by atoms with Gasteiger partial charge in [0, 0.05) is 25.0 Å². The molecule has 0 atom stereocenters. The van der Waals surface area contributed by atoms with Gasteiger partial charge in [-0.3, -0.25) is 9.59 Å². The van der Waals surface area contributed by atoms with E-state index in [9.17, 15) is 14.9 Å². The average Bonchev–Trinajstić information content (AvgIpc) is 3.19. The summed E-state index contributed by atoms with van der Waals surface area (Å²) in [7, 11) is 3.04. The zero-order valence-electron chi connectivity index (χ0n) is 31.9. The molecule has 7 aromatic carbocycles. The van der Waals surface area contributed by atoms with Crippen LogP contribution in [0.3, 0.4) is 0 Å². The summed E-state index contributed by atoms with van der Waals surface area (Å²) in [5, 5.41) is 19.9. The van der Waals surface area contributed by atoms with Gasteiger partial charge in [0.1, 0.15) is 23.1 Å². The predicted octanol–water partition coefficient (Wildman–Crippen LogP) is 12.3. The molecule has 0 unspecified atom stereocenters. The third kappa shape index (κ3) is 7.13. The molecule has 0 bridgehead atoms. The third-order valence-corrected chi connectivity index (χ3v) is 10.0. The number of rotatable bonds is 8. The molecule has 0 fully saturated rings. The van der Waals surface area contributed by atoms with Gasteiger partial charge >= 0.3 is 0 Å². The highest BCUT2D eigenvalue weighted by atomic mass is 16.5. The topological polar surface area (TPSA) is 105 Å². The molecule has 0 aliphatic heterocycles. The number of fused-ring (bicyclic) bond motifs is 2. The molecule has 0 spiro atoms. The summed E-state index contributed by atoms with van der Waals surface area (Å²) in [4.78, 5) is 30.0. The van der Waals surface area contributed by atoms with Crippen LogP contribution in [-0.2, 0) is 9.59 Å². The van der Waals surface area contributed by atoms with Crippen LogP contribution >= 0.6 is 0 Å². The normalized spacial score (nSPS) is 10.6. The maximum absolute atomic E-state index is 13.1. The molecule has 0 radical (unpaired) electrons. The summed E-state index contributed by atoms with van der Waals surface area (Å²) >= 11 is 0. The van der Waals surface area contributed by atoms with E-state index in [0.717, 1.165) is 71.6 Å². The molecule has 57 heavy (non-hydrogen) atoms. The second-order valence-electron chi connectivity index (χ2n) is 13.6. The Labute approximate surface area is 333 Å². The summed E-state index contributed by atoms with van der Waals surface area (Å²) in [6.45, 7) is 14.5. The zero-order chi connectivity index (χ0) is 39.7. The van der Waals surface area contributed by atoms with Gasteiger partial charge in [0.05, 0.1) is 32.2 Å². The first kappa shape index (κ1) is 39.3. The first-order chi connectivity index (χ1) is 27.1. The molecular weight excluding hydrogens is 709 g/mol.